The quantitative estimate of drug-likeness (QED) is 0.135. The van der Waals surface area contributed by atoms with Crippen LogP contribution in [0.25, 0.3) is 55.0 Å². The SMILES string of the molecule is N#Cc1c(N(c2ccc(N(c3ccccc3)c3ccccc3)cc2)c2ccc(N(c3ccccc3)c3ccccc3)cc2)c(C#N)c2c3c1-n1c4ccccc4c4cccc(c41)B3c1cccc3c4ccccc4n-2c13. The maximum Gasteiger partial charge on any atom is 0.252 e. The predicted octanol–water partition coefficient (Wildman–Crippen LogP) is 15.2. The fraction of sp³-hybridized carbons (Fsp3) is 0. The van der Waals surface area contributed by atoms with E-state index in [1.165, 1.54) is 0 Å². The first kappa shape index (κ1) is 43.1. The summed E-state index contributed by atoms with van der Waals surface area (Å²) in [5, 5.41) is 28.9. The lowest BCUT2D eigenvalue weighted by Crippen LogP contribution is -2.60. The van der Waals surface area contributed by atoms with Crippen molar-refractivity contribution in [1.29, 1.82) is 10.5 Å². The van der Waals surface area contributed by atoms with Crippen molar-refractivity contribution in [3.63, 3.8) is 0 Å². The van der Waals surface area contributed by atoms with Crippen molar-refractivity contribution in [3.8, 4) is 23.5 Å². The van der Waals surface area contributed by atoms with Crippen LogP contribution in [0.15, 0.2) is 255 Å². The predicted molar refractivity (Wildman–Crippen MR) is 313 cm³/mol. The summed E-state index contributed by atoms with van der Waals surface area (Å²) in [4.78, 5) is 6.64. The van der Waals surface area contributed by atoms with E-state index in [1.54, 1.807) is 0 Å². The number of rotatable bonds is 9. The second-order valence-corrected chi connectivity index (χ2v) is 19.4. The Bertz CT molecular complexity index is 4170. The zero-order chi connectivity index (χ0) is 50.4. The van der Waals surface area contributed by atoms with Crippen LogP contribution < -0.4 is 31.1 Å². The third kappa shape index (κ3) is 6.22. The second-order valence-electron chi connectivity index (χ2n) is 19.4. The molecule has 352 valence electrons. The molecule has 7 nitrogen and oxygen atoms in total. The van der Waals surface area contributed by atoms with Crippen LogP contribution in [-0.4, -0.2) is 15.8 Å². The molecule has 0 N–H and O–H groups in total. The van der Waals surface area contributed by atoms with Gasteiger partial charge in [0, 0.05) is 78.1 Å². The normalized spacial score (nSPS) is 11.9. The molecule has 0 fully saturated rings. The summed E-state index contributed by atoms with van der Waals surface area (Å²) in [6, 6.07) is 94.5. The van der Waals surface area contributed by atoms with Gasteiger partial charge in [0.05, 0.1) is 28.1 Å². The van der Waals surface area contributed by atoms with Crippen molar-refractivity contribution in [3.05, 3.63) is 266 Å². The van der Waals surface area contributed by atoms with Crippen LogP contribution in [0.3, 0.4) is 0 Å². The molecule has 2 aromatic heterocycles. The van der Waals surface area contributed by atoms with Crippen molar-refractivity contribution in [2.45, 2.75) is 0 Å². The van der Waals surface area contributed by atoms with Crippen molar-refractivity contribution in [1.82, 2.24) is 9.13 Å². The van der Waals surface area contributed by atoms with Crippen LogP contribution in [0.1, 0.15) is 11.1 Å². The van der Waals surface area contributed by atoms with Gasteiger partial charge < -0.3 is 23.8 Å². The van der Waals surface area contributed by atoms with Crippen molar-refractivity contribution < 1.29 is 0 Å². The Labute approximate surface area is 439 Å². The Balaban J connectivity index is 1.05. The summed E-state index contributed by atoms with van der Waals surface area (Å²) in [5.41, 5.74) is 17.9. The first-order valence-electron chi connectivity index (χ1n) is 25.6. The van der Waals surface area contributed by atoms with Gasteiger partial charge in [-0.25, -0.2) is 0 Å². The number of hydrogen-bond acceptors (Lipinski definition) is 5. The summed E-state index contributed by atoms with van der Waals surface area (Å²) in [7, 11) is 0. The van der Waals surface area contributed by atoms with Gasteiger partial charge in [0.25, 0.3) is 6.71 Å². The van der Waals surface area contributed by atoms with E-state index in [9.17, 15) is 10.5 Å². The molecule has 0 atom stereocenters. The number of hydrogen-bond donors (Lipinski definition) is 0. The molecular formula is C68H42BN7. The Morgan fingerprint density at radius 3 is 0.961 bits per heavy atom. The topological polar surface area (TPSA) is 67.2 Å². The third-order valence-electron chi connectivity index (χ3n) is 15.5. The molecule has 13 aromatic rings. The molecule has 0 unspecified atom stereocenters. The molecule has 2 aliphatic heterocycles. The van der Waals surface area contributed by atoms with Gasteiger partial charge in [-0.05, 0) is 126 Å². The summed E-state index contributed by atoms with van der Waals surface area (Å²) < 4.78 is 4.66. The average Bonchev–Trinajstić information content (AvgIpc) is 4.13. The molecule has 0 amide bonds. The molecule has 0 bridgehead atoms. The lowest BCUT2D eigenvalue weighted by Gasteiger charge is -2.37. The highest BCUT2D eigenvalue weighted by Gasteiger charge is 2.45. The molecule has 76 heavy (non-hydrogen) atoms. The Morgan fingerprint density at radius 1 is 0.303 bits per heavy atom. The van der Waals surface area contributed by atoms with E-state index in [1.807, 2.05) is 24.3 Å². The molecule has 0 aliphatic carbocycles. The zero-order valence-corrected chi connectivity index (χ0v) is 41.0. The number of para-hydroxylation sites is 8. The van der Waals surface area contributed by atoms with E-state index in [4.69, 9.17) is 0 Å². The molecule has 11 aromatic carbocycles. The number of anilines is 9. The van der Waals surface area contributed by atoms with Crippen molar-refractivity contribution >= 4 is 118 Å². The van der Waals surface area contributed by atoms with Gasteiger partial charge in [0.2, 0.25) is 0 Å². The number of aromatic nitrogens is 2. The van der Waals surface area contributed by atoms with E-state index in [2.05, 4.69) is 266 Å². The first-order chi connectivity index (χ1) is 37.7. The van der Waals surface area contributed by atoms with Gasteiger partial charge in [0.1, 0.15) is 23.3 Å². The Morgan fingerprint density at radius 2 is 0.605 bits per heavy atom. The van der Waals surface area contributed by atoms with Gasteiger partial charge in [-0.2, -0.15) is 10.5 Å². The van der Waals surface area contributed by atoms with E-state index >= 15 is 0 Å². The number of fused-ring (bicyclic) bond motifs is 10. The molecule has 0 radical (unpaired) electrons. The Hall–Kier alpha value is -10.5. The van der Waals surface area contributed by atoms with E-state index < -0.39 is 0 Å². The fourth-order valence-electron chi connectivity index (χ4n) is 12.5. The minimum absolute atomic E-state index is 0.268. The van der Waals surface area contributed by atoms with Gasteiger partial charge in [-0.3, -0.25) is 0 Å². The number of benzene rings is 11. The molecular weight excluding hydrogens is 926 g/mol. The molecule has 15 rings (SSSR count). The summed E-state index contributed by atoms with van der Waals surface area (Å²) in [6.45, 7) is -0.268. The minimum Gasteiger partial charge on any atom is -0.311 e. The monoisotopic (exact) mass is 967 g/mol. The second kappa shape index (κ2) is 17.0. The van der Waals surface area contributed by atoms with Crippen LogP contribution in [0, 0.1) is 22.7 Å². The highest BCUT2D eigenvalue weighted by molar-refractivity contribution is 7.00. The fourth-order valence-corrected chi connectivity index (χ4v) is 12.5. The molecule has 0 saturated carbocycles. The number of nitriles is 2. The lowest BCUT2D eigenvalue weighted by molar-refractivity contribution is 1.11. The molecule has 4 heterocycles. The van der Waals surface area contributed by atoms with Crippen LogP contribution >= 0.6 is 0 Å². The summed E-state index contributed by atoms with van der Waals surface area (Å²) in [6.07, 6.45) is 0. The third-order valence-corrected chi connectivity index (χ3v) is 15.5. The van der Waals surface area contributed by atoms with Gasteiger partial charge >= 0.3 is 0 Å². The van der Waals surface area contributed by atoms with Crippen LogP contribution in [0.4, 0.5) is 51.2 Å². The molecule has 0 spiro atoms. The standard InChI is InChI=1S/C68H42BN7/c70-43-57-64(58(44-71)68-63-67(57)75-61-33-15-13-27-53(61)55-29-17-31-59(65(55)75)69(63)60-32-18-30-56-54-28-14-16-34-62(54)76(68)66(56)60)74(51-39-35-49(36-40-51)72(45-19-5-1-6-20-45)46-21-7-2-8-22-46)52-41-37-50(38-42-52)73(47-23-9-3-10-24-47)48-25-11-4-12-26-48/h1-42H. The molecule has 0 saturated heterocycles. The largest absolute Gasteiger partial charge is 0.311 e. The van der Waals surface area contributed by atoms with Crippen LogP contribution in [0.5, 0.6) is 0 Å². The van der Waals surface area contributed by atoms with E-state index in [-0.39, 0.29) is 6.71 Å². The van der Waals surface area contributed by atoms with E-state index in [0.717, 1.165) is 117 Å². The maximum absolute atomic E-state index is 12.2. The van der Waals surface area contributed by atoms with Crippen molar-refractivity contribution in [2.24, 2.45) is 0 Å². The van der Waals surface area contributed by atoms with Crippen molar-refractivity contribution in [2.75, 3.05) is 14.7 Å². The van der Waals surface area contributed by atoms with E-state index in [0.29, 0.717) is 16.8 Å². The highest BCUT2D eigenvalue weighted by atomic mass is 15.2. The molecule has 2 aliphatic rings. The van der Waals surface area contributed by atoms with Gasteiger partial charge in [-0.1, -0.05) is 146 Å². The first-order valence-corrected chi connectivity index (χ1v) is 25.6. The minimum atomic E-state index is -0.268. The van der Waals surface area contributed by atoms with Gasteiger partial charge in [0.15, 0.2) is 0 Å². The van der Waals surface area contributed by atoms with Gasteiger partial charge in [-0.15, -0.1) is 0 Å². The number of nitrogens with zero attached hydrogens (tertiary/aromatic N) is 7. The van der Waals surface area contributed by atoms with Crippen LogP contribution in [0.2, 0.25) is 0 Å². The Kier molecular flexibility index (Phi) is 9.66. The zero-order valence-electron chi connectivity index (χ0n) is 41.0. The average molecular weight is 968 g/mol. The summed E-state index contributed by atoms with van der Waals surface area (Å²) in [5.74, 6) is 0. The molecule has 8 heteroatoms. The smallest absolute Gasteiger partial charge is 0.252 e. The lowest BCUT2D eigenvalue weighted by atomic mass is 9.34. The summed E-state index contributed by atoms with van der Waals surface area (Å²) >= 11 is 0. The maximum atomic E-state index is 12.2. The van der Waals surface area contributed by atoms with Crippen LogP contribution in [-0.2, 0) is 0 Å². The highest BCUT2D eigenvalue weighted by Crippen LogP contribution is 2.49.